The highest BCUT2D eigenvalue weighted by Crippen LogP contribution is 2.36. The number of halogens is 4. The van der Waals surface area contributed by atoms with Crippen molar-refractivity contribution < 1.29 is 27.1 Å². The van der Waals surface area contributed by atoms with E-state index in [4.69, 9.17) is 4.74 Å². The summed E-state index contributed by atoms with van der Waals surface area (Å²) in [5.74, 6) is -0.966. The molecule has 0 spiro atoms. The van der Waals surface area contributed by atoms with Crippen LogP contribution in [-0.4, -0.2) is 39.8 Å². The van der Waals surface area contributed by atoms with Gasteiger partial charge in [0.2, 0.25) is 11.8 Å². The fourth-order valence-electron chi connectivity index (χ4n) is 2.81. The van der Waals surface area contributed by atoms with Crippen molar-refractivity contribution >= 4 is 22.8 Å². The molecule has 3 aromatic rings. The van der Waals surface area contributed by atoms with Gasteiger partial charge in [0.05, 0.1) is 5.92 Å². The van der Waals surface area contributed by atoms with Crippen LogP contribution in [0.5, 0.6) is 5.88 Å². The second-order valence-corrected chi connectivity index (χ2v) is 6.40. The van der Waals surface area contributed by atoms with Gasteiger partial charge in [-0.2, -0.15) is 13.2 Å². The molecule has 0 radical (unpaired) electrons. The Bertz CT molecular complexity index is 1030. The Kier molecular flexibility index (Phi) is 4.40. The number of rotatable bonds is 5. The van der Waals surface area contributed by atoms with Gasteiger partial charge in [-0.05, 0) is 30.7 Å². The first-order chi connectivity index (χ1) is 13.3. The molecule has 1 saturated carbocycles. The Morgan fingerprint density at radius 2 is 2.07 bits per heavy atom. The second kappa shape index (κ2) is 6.77. The predicted octanol–water partition coefficient (Wildman–Crippen LogP) is 3.86. The van der Waals surface area contributed by atoms with Crippen LogP contribution in [0.1, 0.15) is 6.42 Å². The summed E-state index contributed by atoms with van der Waals surface area (Å²) in [6, 6.07) is 6.37. The zero-order valence-electron chi connectivity index (χ0n) is 14.3. The minimum Gasteiger partial charge on any atom is -0.468 e. The summed E-state index contributed by atoms with van der Waals surface area (Å²) in [7, 11) is 0. The van der Waals surface area contributed by atoms with Gasteiger partial charge in [0.25, 0.3) is 0 Å². The molecular weight excluding hydrogens is 380 g/mol. The molecule has 0 aromatic carbocycles. The molecule has 3 heterocycles. The number of hydrogen-bond acceptors (Lipinski definition) is 4. The molecule has 2 N–H and O–H groups in total. The van der Waals surface area contributed by atoms with Crippen LogP contribution in [0, 0.1) is 5.92 Å². The van der Waals surface area contributed by atoms with Gasteiger partial charge in [-0.1, -0.05) is 0 Å². The fourth-order valence-corrected chi connectivity index (χ4v) is 2.81. The van der Waals surface area contributed by atoms with Crippen molar-refractivity contribution in [3.8, 4) is 17.0 Å². The number of aromatic amines is 1. The van der Waals surface area contributed by atoms with Crippen LogP contribution in [0.25, 0.3) is 22.2 Å². The van der Waals surface area contributed by atoms with Gasteiger partial charge in [0.15, 0.2) is 6.61 Å². The van der Waals surface area contributed by atoms with E-state index in [9.17, 15) is 22.4 Å². The highest BCUT2D eigenvalue weighted by Gasteiger charge is 2.43. The average Bonchev–Trinajstić information content (AvgIpc) is 3.24. The molecule has 1 amide bonds. The van der Waals surface area contributed by atoms with Crippen molar-refractivity contribution in [1.29, 1.82) is 0 Å². The summed E-state index contributed by atoms with van der Waals surface area (Å²) < 4.78 is 55.2. The van der Waals surface area contributed by atoms with Gasteiger partial charge in [0.1, 0.15) is 17.6 Å². The fraction of sp³-hybridized carbons (Fsp3) is 0.278. The number of alkyl halides is 4. The lowest BCUT2D eigenvalue weighted by molar-refractivity contribution is -0.154. The minimum atomic E-state index is -4.48. The minimum absolute atomic E-state index is 0.152. The van der Waals surface area contributed by atoms with E-state index in [1.165, 1.54) is 6.20 Å². The first kappa shape index (κ1) is 18.2. The molecule has 0 bridgehead atoms. The zero-order valence-corrected chi connectivity index (χ0v) is 14.3. The Morgan fingerprint density at radius 1 is 1.29 bits per heavy atom. The van der Waals surface area contributed by atoms with Crippen molar-refractivity contribution in [3.63, 3.8) is 0 Å². The molecule has 6 nitrogen and oxygen atoms in total. The molecule has 1 fully saturated rings. The molecule has 3 aromatic heterocycles. The number of nitrogens with zero attached hydrogens (tertiary/aromatic N) is 2. The molecule has 0 saturated heterocycles. The van der Waals surface area contributed by atoms with Crippen LogP contribution >= 0.6 is 0 Å². The van der Waals surface area contributed by atoms with Gasteiger partial charge in [0, 0.05) is 28.9 Å². The molecule has 0 aliphatic heterocycles. The van der Waals surface area contributed by atoms with Gasteiger partial charge >= 0.3 is 6.18 Å². The van der Waals surface area contributed by atoms with E-state index >= 15 is 0 Å². The van der Waals surface area contributed by atoms with E-state index < -0.39 is 30.8 Å². The Balaban J connectivity index is 1.61. The summed E-state index contributed by atoms with van der Waals surface area (Å²) in [4.78, 5) is 22.9. The number of hydrogen-bond donors (Lipinski definition) is 2. The van der Waals surface area contributed by atoms with Crippen LogP contribution in [0.2, 0.25) is 0 Å². The lowest BCUT2D eigenvalue weighted by atomic mass is 10.1. The van der Waals surface area contributed by atoms with Crippen LogP contribution in [0.3, 0.4) is 0 Å². The second-order valence-electron chi connectivity index (χ2n) is 6.40. The maximum atomic E-state index is 13.0. The molecule has 28 heavy (non-hydrogen) atoms. The van der Waals surface area contributed by atoms with Crippen molar-refractivity contribution in [3.05, 3.63) is 36.7 Å². The van der Waals surface area contributed by atoms with Gasteiger partial charge in [-0.3, -0.25) is 4.79 Å². The summed E-state index contributed by atoms with van der Waals surface area (Å²) in [5, 5.41) is 3.16. The third-order valence-corrected chi connectivity index (χ3v) is 4.27. The monoisotopic (exact) mass is 394 g/mol. The predicted molar refractivity (Wildman–Crippen MR) is 92.5 cm³/mol. The molecule has 146 valence electrons. The number of amides is 1. The Hall–Kier alpha value is -3.17. The first-order valence-electron chi connectivity index (χ1n) is 8.40. The van der Waals surface area contributed by atoms with E-state index in [0.29, 0.717) is 22.2 Å². The molecule has 4 rings (SSSR count). The van der Waals surface area contributed by atoms with E-state index in [-0.39, 0.29) is 18.1 Å². The third kappa shape index (κ3) is 3.75. The lowest BCUT2D eigenvalue weighted by Crippen LogP contribution is -2.19. The topological polar surface area (TPSA) is 79.9 Å². The van der Waals surface area contributed by atoms with Crippen molar-refractivity contribution in [2.24, 2.45) is 5.92 Å². The average molecular weight is 394 g/mol. The van der Waals surface area contributed by atoms with E-state index in [1.807, 2.05) is 0 Å². The molecule has 2 atom stereocenters. The summed E-state index contributed by atoms with van der Waals surface area (Å²) >= 11 is 0. The first-order valence-corrected chi connectivity index (χ1v) is 8.40. The number of carbonyl (C=O) groups is 1. The maximum Gasteiger partial charge on any atom is 0.422 e. The van der Waals surface area contributed by atoms with Gasteiger partial charge in [-0.25, -0.2) is 14.4 Å². The van der Waals surface area contributed by atoms with Crippen LogP contribution in [0.15, 0.2) is 36.7 Å². The molecular formula is C18H14F4N4O2. The van der Waals surface area contributed by atoms with Crippen LogP contribution < -0.4 is 10.1 Å². The summed E-state index contributed by atoms with van der Waals surface area (Å²) in [6.45, 7) is -1.45. The SMILES string of the molecule is O=C(Nc1ccc2c(-c3cccnc3OCC(F)(F)F)c[nH]c2n1)C1CC1F. The normalized spacial score (nSPS) is 18.9. The molecule has 2 unspecified atom stereocenters. The highest BCUT2D eigenvalue weighted by molar-refractivity contribution is 5.98. The number of H-pyrrole nitrogens is 1. The quantitative estimate of drug-likeness (QED) is 0.644. The Labute approximate surface area is 155 Å². The number of anilines is 1. The number of carbonyl (C=O) groups excluding carboxylic acids is 1. The number of ether oxygens (including phenoxy) is 1. The Morgan fingerprint density at radius 3 is 2.79 bits per heavy atom. The molecule has 1 aliphatic carbocycles. The van der Waals surface area contributed by atoms with Crippen molar-refractivity contribution in [1.82, 2.24) is 15.0 Å². The number of nitrogens with one attached hydrogen (secondary N) is 2. The number of aromatic nitrogens is 3. The molecule has 10 heteroatoms. The smallest absolute Gasteiger partial charge is 0.422 e. The summed E-state index contributed by atoms with van der Waals surface area (Å²) in [5.41, 5.74) is 1.33. The zero-order chi connectivity index (χ0) is 19.9. The third-order valence-electron chi connectivity index (χ3n) is 4.27. The van der Waals surface area contributed by atoms with Gasteiger partial charge in [-0.15, -0.1) is 0 Å². The van der Waals surface area contributed by atoms with Crippen LogP contribution in [-0.2, 0) is 4.79 Å². The molecule has 1 aliphatic rings. The number of pyridine rings is 2. The lowest BCUT2D eigenvalue weighted by Gasteiger charge is -2.11. The van der Waals surface area contributed by atoms with E-state index in [1.54, 1.807) is 30.5 Å². The van der Waals surface area contributed by atoms with E-state index in [0.717, 1.165) is 0 Å². The standard InChI is InChI=1S/C18H14F4N4O2/c19-13-6-11(13)16(27)26-14-4-3-9-12(7-24-15(9)25-14)10-2-1-5-23-17(10)28-8-18(20,21)22/h1-5,7,11,13H,6,8H2,(H2,24,25,26,27). The number of fused-ring (bicyclic) bond motifs is 1. The largest absolute Gasteiger partial charge is 0.468 e. The van der Waals surface area contributed by atoms with E-state index in [2.05, 4.69) is 20.3 Å². The van der Waals surface area contributed by atoms with Crippen molar-refractivity contribution in [2.45, 2.75) is 18.8 Å². The van der Waals surface area contributed by atoms with Crippen molar-refractivity contribution in [2.75, 3.05) is 11.9 Å². The highest BCUT2D eigenvalue weighted by atomic mass is 19.4. The maximum absolute atomic E-state index is 13.0. The summed E-state index contributed by atoms with van der Waals surface area (Å²) in [6.07, 6.45) is -2.47. The van der Waals surface area contributed by atoms with Crippen LogP contribution in [0.4, 0.5) is 23.4 Å². The van der Waals surface area contributed by atoms with Gasteiger partial charge < -0.3 is 15.0 Å².